The smallest absolute Gasteiger partial charge is 0.119 e. The predicted octanol–water partition coefficient (Wildman–Crippen LogP) is 2.54. The molecular weight excluding hydrogens is 186 g/mol. The second-order valence-electron chi connectivity index (χ2n) is 4.01. The minimum absolute atomic E-state index is 0.428. The zero-order chi connectivity index (χ0) is 11.3. The van der Waals surface area contributed by atoms with Crippen molar-refractivity contribution in [2.24, 2.45) is 5.73 Å². The SMILES string of the molecule is CCc1cc(CCCCN)c(C)cc1O. The number of aryl methyl sites for hydroxylation is 3. The first-order valence-corrected chi connectivity index (χ1v) is 5.70. The Hall–Kier alpha value is -1.02. The number of nitrogens with two attached hydrogens (primary N) is 1. The molecule has 0 aliphatic rings. The Morgan fingerprint density at radius 2 is 1.93 bits per heavy atom. The van der Waals surface area contributed by atoms with Crippen molar-refractivity contribution in [2.75, 3.05) is 6.54 Å². The third-order valence-electron chi connectivity index (χ3n) is 2.82. The largest absolute Gasteiger partial charge is 0.508 e. The first kappa shape index (κ1) is 12.1. The number of benzene rings is 1. The van der Waals surface area contributed by atoms with Crippen LogP contribution in [0.15, 0.2) is 12.1 Å². The highest BCUT2D eigenvalue weighted by molar-refractivity contribution is 5.41. The molecule has 0 aromatic heterocycles. The second kappa shape index (κ2) is 5.76. The number of aromatic hydroxyl groups is 1. The van der Waals surface area contributed by atoms with Gasteiger partial charge >= 0.3 is 0 Å². The summed E-state index contributed by atoms with van der Waals surface area (Å²) in [6.07, 6.45) is 4.15. The molecule has 0 saturated heterocycles. The van der Waals surface area contributed by atoms with Crippen LogP contribution in [-0.4, -0.2) is 11.7 Å². The molecular formula is C13H21NO. The van der Waals surface area contributed by atoms with Gasteiger partial charge in [0.25, 0.3) is 0 Å². The second-order valence-corrected chi connectivity index (χ2v) is 4.01. The first-order chi connectivity index (χ1) is 7.19. The molecule has 0 aliphatic heterocycles. The van der Waals surface area contributed by atoms with Crippen LogP contribution in [0.4, 0.5) is 0 Å². The Morgan fingerprint density at radius 1 is 1.20 bits per heavy atom. The summed E-state index contributed by atoms with van der Waals surface area (Å²) in [5.74, 6) is 0.428. The molecule has 0 bridgehead atoms. The van der Waals surface area contributed by atoms with Crippen LogP contribution in [0.2, 0.25) is 0 Å². The van der Waals surface area contributed by atoms with E-state index in [2.05, 4.69) is 19.9 Å². The van der Waals surface area contributed by atoms with Gasteiger partial charge in [0, 0.05) is 0 Å². The van der Waals surface area contributed by atoms with E-state index in [1.54, 1.807) is 0 Å². The van der Waals surface area contributed by atoms with E-state index in [0.29, 0.717) is 5.75 Å². The molecule has 0 unspecified atom stereocenters. The van der Waals surface area contributed by atoms with Crippen LogP contribution in [0.25, 0.3) is 0 Å². The third kappa shape index (κ3) is 3.24. The lowest BCUT2D eigenvalue weighted by molar-refractivity contribution is 0.468. The maximum atomic E-state index is 9.67. The van der Waals surface area contributed by atoms with Gasteiger partial charge in [0.15, 0.2) is 0 Å². The molecule has 84 valence electrons. The van der Waals surface area contributed by atoms with Gasteiger partial charge in [-0.05, 0) is 61.9 Å². The van der Waals surface area contributed by atoms with E-state index in [4.69, 9.17) is 5.73 Å². The van der Waals surface area contributed by atoms with Gasteiger partial charge < -0.3 is 10.8 Å². The van der Waals surface area contributed by atoms with Gasteiger partial charge in [-0.2, -0.15) is 0 Å². The average molecular weight is 207 g/mol. The Bertz CT molecular complexity index is 321. The van der Waals surface area contributed by atoms with Crippen LogP contribution >= 0.6 is 0 Å². The zero-order valence-corrected chi connectivity index (χ0v) is 9.71. The van der Waals surface area contributed by atoms with Crippen molar-refractivity contribution >= 4 is 0 Å². The van der Waals surface area contributed by atoms with Gasteiger partial charge in [-0.3, -0.25) is 0 Å². The van der Waals surface area contributed by atoms with Gasteiger partial charge in [-0.25, -0.2) is 0 Å². The lowest BCUT2D eigenvalue weighted by atomic mass is 9.98. The van der Waals surface area contributed by atoms with Gasteiger partial charge in [0.2, 0.25) is 0 Å². The van der Waals surface area contributed by atoms with Crippen LogP contribution < -0.4 is 5.73 Å². The highest BCUT2D eigenvalue weighted by Gasteiger charge is 2.04. The first-order valence-electron chi connectivity index (χ1n) is 5.70. The minimum atomic E-state index is 0.428. The Labute approximate surface area is 92.1 Å². The van der Waals surface area contributed by atoms with E-state index in [-0.39, 0.29) is 0 Å². The van der Waals surface area contributed by atoms with Crippen molar-refractivity contribution in [1.29, 1.82) is 0 Å². The van der Waals surface area contributed by atoms with Crippen molar-refractivity contribution in [3.05, 3.63) is 28.8 Å². The quantitative estimate of drug-likeness (QED) is 0.729. The van der Waals surface area contributed by atoms with Gasteiger partial charge in [0.05, 0.1) is 0 Å². The van der Waals surface area contributed by atoms with E-state index >= 15 is 0 Å². The lowest BCUT2D eigenvalue weighted by Gasteiger charge is -2.09. The summed E-state index contributed by atoms with van der Waals surface area (Å²) >= 11 is 0. The number of phenolic OH excluding ortho intramolecular Hbond substituents is 1. The minimum Gasteiger partial charge on any atom is -0.508 e. The molecule has 1 aromatic rings. The van der Waals surface area contributed by atoms with E-state index < -0.39 is 0 Å². The molecule has 0 amide bonds. The van der Waals surface area contributed by atoms with Crippen molar-refractivity contribution in [3.8, 4) is 5.75 Å². The van der Waals surface area contributed by atoms with E-state index in [9.17, 15) is 5.11 Å². The van der Waals surface area contributed by atoms with Crippen LogP contribution in [0, 0.1) is 6.92 Å². The molecule has 0 radical (unpaired) electrons. The van der Waals surface area contributed by atoms with Crippen molar-refractivity contribution in [1.82, 2.24) is 0 Å². The number of hydrogen-bond donors (Lipinski definition) is 2. The molecule has 0 aliphatic carbocycles. The van der Waals surface area contributed by atoms with Crippen molar-refractivity contribution in [2.45, 2.75) is 39.5 Å². The van der Waals surface area contributed by atoms with E-state index in [1.807, 2.05) is 6.07 Å². The summed E-state index contributed by atoms with van der Waals surface area (Å²) in [6.45, 7) is 4.88. The highest BCUT2D eigenvalue weighted by Crippen LogP contribution is 2.23. The number of unbranched alkanes of at least 4 members (excludes halogenated alkanes) is 1. The number of rotatable bonds is 5. The molecule has 0 heterocycles. The van der Waals surface area contributed by atoms with Crippen molar-refractivity contribution in [3.63, 3.8) is 0 Å². The molecule has 3 N–H and O–H groups in total. The summed E-state index contributed by atoms with van der Waals surface area (Å²) in [5, 5.41) is 9.67. The molecule has 15 heavy (non-hydrogen) atoms. The Morgan fingerprint density at radius 3 is 2.53 bits per heavy atom. The Kier molecular flexibility index (Phi) is 4.63. The van der Waals surface area contributed by atoms with Gasteiger partial charge in [-0.1, -0.05) is 13.0 Å². The maximum Gasteiger partial charge on any atom is 0.119 e. The standard InChI is InChI=1S/C13H21NO/c1-3-11-9-12(6-4-5-7-14)10(2)8-13(11)15/h8-9,15H,3-7,14H2,1-2H3. The predicted molar refractivity (Wildman–Crippen MR) is 64.2 cm³/mol. The van der Waals surface area contributed by atoms with Crippen LogP contribution in [0.1, 0.15) is 36.5 Å². The molecule has 0 fully saturated rings. The average Bonchev–Trinajstić information content (AvgIpc) is 2.21. The summed E-state index contributed by atoms with van der Waals surface area (Å²) in [4.78, 5) is 0. The summed E-state index contributed by atoms with van der Waals surface area (Å²) in [6, 6.07) is 4.00. The fraction of sp³-hybridized carbons (Fsp3) is 0.538. The lowest BCUT2D eigenvalue weighted by Crippen LogP contribution is -2.00. The van der Waals surface area contributed by atoms with E-state index in [1.165, 1.54) is 11.1 Å². The van der Waals surface area contributed by atoms with Gasteiger partial charge in [-0.15, -0.1) is 0 Å². The summed E-state index contributed by atoms with van der Waals surface area (Å²) in [5.41, 5.74) is 9.04. The van der Waals surface area contributed by atoms with Crippen molar-refractivity contribution < 1.29 is 5.11 Å². The third-order valence-corrected chi connectivity index (χ3v) is 2.82. The normalized spacial score (nSPS) is 10.6. The highest BCUT2D eigenvalue weighted by atomic mass is 16.3. The van der Waals surface area contributed by atoms with E-state index in [0.717, 1.165) is 37.8 Å². The fourth-order valence-corrected chi connectivity index (χ4v) is 1.80. The molecule has 1 aromatic carbocycles. The Balaban J connectivity index is 2.78. The fourth-order valence-electron chi connectivity index (χ4n) is 1.80. The molecule has 0 spiro atoms. The molecule has 0 saturated carbocycles. The molecule has 1 rings (SSSR count). The zero-order valence-electron chi connectivity index (χ0n) is 9.71. The monoisotopic (exact) mass is 207 g/mol. The van der Waals surface area contributed by atoms with Crippen LogP contribution in [0.3, 0.4) is 0 Å². The topological polar surface area (TPSA) is 46.2 Å². The summed E-state index contributed by atoms with van der Waals surface area (Å²) in [7, 11) is 0. The molecule has 0 atom stereocenters. The maximum absolute atomic E-state index is 9.67. The molecule has 2 heteroatoms. The van der Waals surface area contributed by atoms with Gasteiger partial charge in [0.1, 0.15) is 5.75 Å². The van der Waals surface area contributed by atoms with Crippen LogP contribution in [0.5, 0.6) is 5.75 Å². The summed E-state index contributed by atoms with van der Waals surface area (Å²) < 4.78 is 0. The number of hydrogen-bond acceptors (Lipinski definition) is 2. The van der Waals surface area contributed by atoms with Crippen LogP contribution in [-0.2, 0) is 12.8 Å². The number of phenols is 1. The molecule has 2 nitrogen and oxygen atoms in total.